The van der Waals surface area contributed by atoms with Crippen molar-refractivity contribution in [3.05, 3.63) is 129 Å². The van der Waals surface area contributed by atoms with E-state index in [4.69, 9.17) is 0 Å². The SMILES string of the molecule is CCCc1ccc(-c2cccc3c2C=C(C2CCCCC2)[CH]3[Hf+2]2([CH]3C(C4CCCCC4)=Cc4c(-c5ccc(CCC)cc5)cccc43)[CH]3CCCC[CH]32)cc1.[Cl-].[Cl-]. The number of benzene rings is 4. The third-order valence-corrected chi connectivity index (χ3v) is 40.5. The van der Waals surface area contributed by atoms with Gasteiger partial charge in [0, 0.05) is 0 Å². The summed E-state index contributed by atoms with van der Waals surface area (Å²) in [5, 5.41) is 0. The van der Waals surface area contributed by atoms with Gasteiger partial charge in [-0.3, -0.25) is 0 Å². The van der Waals surface area contributed by atoms with Crippen LogP contribution in [0, 0.1) is 11.8 Å². The number of rotatable bonds is 10. The Balaban J connectivity index is 0.00000228. The van der Waals surface area contributed by atoms with Gasteiger partial charge in [0.1, 0.15) is 0 Å². The van der Waals surface area contributed by atoms with E-state index in [1.54, 1.807) is 22.3 Å². The molecule has 4 fully saturated rings. The molecule has 4 unspecified atom stereocenters. The van der Waals surface area contributed by atoms with Crippen LogP contribution in [-0.4, -0.2) is 0 Å². The molecule has 0 radical (unpaired) electrons. The van der Waals surface area contributed by atoms with Gasteiger partial charge in [0.05, 0.1) is 0 Å². The molecule has 0 nitrogen and oxygen atoms in total. The molecular weight excluding hydrogens is 898 g/mol. The normalized spacial score (nSPS) is 25.5. The zero-order chi connectivity index (χ0) is 36.9. The molecule has 10 rings (SSSR count). The molecule has 298 valence electrons. The standard InChI is InChI=1S/2C24H27.C6H10.2ClH.Hf/c2*1-2-7-18-12-14-20(15-13-18)23-11-6-10-21-16-22(17-24(21)23)19-8-4-3-5-9-19;1-2-4-6-5-3-1;;;/h2*6,10-17,19H,2-5,7-9H2,1H3;1-2H,3-6H2;2*1H;/q;;;;;+2/p-2. The molecule has 1 heterocycles. The van der Waals surface area contributed by atoms with E-state index in [-0.39, 0.29) is 24.8 Å². The van der Waals surface area contributed by atoms with Crippen molar-refractivity contribution in [2.75, 3.05) is 0 Å². The van der Waals surface area contributed by atoms with Crippen LogP contribution in [0.25, 0.3) is 34.4 Å². The summed E-state index contributed by atoms with van der Waals surface area (Å²) in [6.07, 6.45) is 30.7. The van der Waals surface area contributed by atoms with E-state index < -0.39 is 20.0 Å². The van der Waals surface area contributed by atoms with Gasteiger partial charge in [-0.2, -0.15) is 0 Å². The molecule has 0 bridgehead atoms. The van der Waals surface area contributed by atoms with E-state index in [2.05, 4.69) is 111 Å². The van der Waals surface area contributed by atoms with Crippen LogP contribution in [-0.2, 0) is 32.8 Å². The second-order valence-electron chi connectivity index (χ2n) is 18.8. The minimum absolute atomic E-state index is 0. The molecule has 1 aliphatic heterocycles. The van der Waals surface area contributed by atoms with Crippen LogP contribution in [0.5, 0.6) is 0 Å². The fraction of sp³-hybridized carbons (Fsp3) is 0.481. The Morgan fingerprint density at radius 1 is 0.456 bits per heavy atom. The monoisotopic (exact) mass is 962 g/mol. The van der Waals surface area contributed by atoms with E-state index >= 15 is 0 Å². The molecule has 5 aliphatic carbocycles. The second kappa shape index (κ2) is 17.8. The van der Waals surface area contributed by atoms with Gasteiger partial charge in [0.25, 0.3) is 0 Å². The number of hydrogen-bond donors (Lipinski definition) is 0. The first-order chi connectivity index (χ1) is 27.2. The van der Waals surface area contributed by atoms with Crippen molar-refractivity contribution in [3.63, 3.8) is 0 Å². The third kappa shape index (κ3) is 7.28. The summed E-state index contributed by atoms with van der Waals surface area (Å²) in [5.41, 5.74) is 19.5. The molecule has 3 heteroatoms. The molecule has 4 aromatic carbocycles. The van der Waals surface area contributed by atoms with Gasteiger partial charge < -0.3 is 24.8 Å². The van der Waals surface area contributed by atoms with Crippen LogP contribution >= 0.6 is 0 Å². The van der Waals surface area contributed by atoms with Gasteiger partial charge in [-0.05, 0) is 0 Å². The molecule has 0 amide bonds. The maximum atomic E-state index is 2.87. The first kappa shape index (κ1) is 41.5. The molecule has 0 N–H and O–H groups in total. The van der Waals surface area contributed by atoms with E-state index in [0.717, 1.165) is 26.5 Å². The van der Waals surface area contributed by atoms with Crippen molar-refractivity contribution in [2.45, 2.75) is 144 Å². The Bertz CT molecular complexity index is 1930. The summed E-state index contributed by atoms with van der Waals surface area (Å²) in [4.78, 5) is 0. The Morgan fingerprint density at radius 3 is 1.23 bits per heavy atom. The van der Waals surface area contributed by atoms with Crippen molar-refractivity contribution in [3.8, 4) is 22.3 Å². The second-order valence-corrected chi connectivity index (χ2v) is 35.5. The topological polar surface area (TPSA) is 0 Å². The minimum Gasteiger partial charge on any atom is -1.00 e. The molecule has 57 heavy (non-hydrogen) atoms. The number of allylic oxidation sites excluding steroid dienone is 2. The summed E-state index contributed by atoms with van der Waals surface area (Å²) >= 11 is -3.37. The largest absolute Gasteiger partial charge is 1.00 e. The van der Waals surface area contributed by atoms with E-state index in [9.17, 15) is 0 Å². The number of fused-ring (bicyclic) bond motifs is 3. The van der Waals surface area contributed by atoms with E-state index in [1.165, 1.54) is 149 Å². The van der Waals surface area contributed by atoms with Crippen LogP contribution in [0.2, 0.25) is 7.35 Å². The number of hydrogen-bond acceptors (Lipinski definition) is 0. The quantitative estimate of drug-likeness (QED) is 0.139. The van der Waals surface area contributed by atoms with Crippen LogP contribution in [0.4, 0.5) is 0 Å². The van der Waals surface area contributed by atoms with Crippen molar-refractivity contribution in [1.82, 2.24) is 0 Å². The van der Waals surface area contributed by atoms with E-state index in [1.807, 2.05) is 11.1 Å². The van der Waals surface area contributed by atoms with Crippen LogP contribution < -0.4 is 24.8 Å². The Hall–Kier alpha value is -2.19. The third-order valence-electron chi connectivity index (χ3n) is 15.9. The summed E-state index contributed by atoms with van der Waals surface area (Å²) in [6.45, 7) is 4.60. The van der Waals surface area contributed by atoms with Crippen molar-refractivity contribution >= 4 is 12.2 Å². The van der Waals surface area contributed by atoms with Crippen molar-refractivity contribution in [2.24, 2.45) is 11.8 Å². The van der Waals surface area contributed by atoms with E-state index in [0.29, 0.717) is 0 Å². The van der Waals surface area contributed by atoms with Crippen molar-refractivity contribution < 1.29 is 44.8 Å². The summed E-state index contributed by atoms with van der Waals surface area (Å²) in [5.74, 6) is 1.56. The fourth-order valence-electron chi connectivity index (χ4n) is 13.6. The maximum absolute atomic E-state index is 3.37. The average Bonchev–Trinajstić information content (AvgIpc) is 3.49. The zero-order valence-corrected chi connectivity index (χ0v) is 39.8. The summed E-state index contributed by atoms with van der Waals surface area (Å²) in [6, 6.07) is 34.7. The Labute approximate surface area is 362 Å². The first-order valence-electron chi connectivity index (χ1n) is 23.1. The predicted molar refractivity (Wildman–Crippen MR) is 232 cm³/mol. The molecule has 0 spiro atoms. The zero-order valence-electron chi connectivity index (χ0n) is 34.7. The molecule has 6 aliphatic rings. The molecular formula is C54H64Cl2Hf. The van der Waals surface area contributed by atoms with Crippen LogP contribution in [0.3, 0.4) is 0 Å². The smallest absolute Gasteiger partial charge is 1.00 e. The Morgan fingerprint density at radius 2 is 0.842 bits per heavy atom. The van der Waals surface area contributed by atoms with Crippen LogP contribution in [0.1, 0.15) is 157 Å². The van der Waals surface area contributed by atoms with Gasteiger partial charge >= 0.3 is 340 Å². The predicted octanol–water partition coefficient (Wildman–Crippen LogP) is 9.99. The molecule has 1 saturated heterocycles. The number of aryl methyl sites for hydroxylation is 2. The molecule has 4 atom stereocenters. The molecule has 3 saturated carbocycles. The molecule has 0 aromatic heterocycles. The first-order valence-corrected chi connectivity index (χ1v) is 31.4. The van der Waals surface area contributed by atoms with Gasteiger partial charge in [-0.15, -0.1) is 0 Å². The van der Waals surface area contributed by atoms with Gasteiger partial charge in [0.2, 0.25) is 0 Å². The van der Waals surface area contributed by atoms with Gasteiger partial charge in [0.15, 0.2) is 0 Å². The van der Waals surface area contributed by atoms with Gasteiger partial charge in [-0.25, -0.2) is 0 Å². The fourth-order valence-corrected chi connectivity index (χ4v) is 49.2. The Kier molecular flexibility index (Phi) is 13.0. The van der Waals surface area contributed by atoms with Gasteiger partial charge in [-0.1, -0.05) is 0 Å². The number of halogens is 2. The molecule has 4 aromatic rings. The van der Waals surface area contributed by atoms with Crippen molar-refractivity contribution in [1.29, 1.82) is 0 Å². The minimum atomic E-state index is -3.37. The summed E-state index contributed by atoms with van der Waals surface area (Å²) in [7, 11) is 0. The summed E-state index contributed by atoms with van der Waals surface area (Å²) < 4.78 is 3.58. The maximum Gasteiger partial charge on any atom is -1.00 e. The van der Waals surface area contributed by atoms with Crippen LogP contribution in [0.15, 0.2) is 96.1 Å². The average molecular weight is 963 g/mol.